The molecule has 0 bridgehead atoms. The van der Waals surface area contributed by atoms with Crippen molar-refractivity contribution in [2.45, 2.75) is 32.6 Å². The molecule has 0 saturated carbocycles. The van der Waals surface area contributed by atoms with Crippen molar-refractivity contribution in [2.24, 2.45) is 0 Å². The number of hydrogen-bond donors (Lipinski definition) is 0. The number of pyridine rings is 1. The van der Waals surface area contributed by atoms with Gasteiger partial charge in [0.1, 0.15) is 0 Å². The molecule has 0 aliphatic rings. The Morgan fingerprint density at radius 3 is 2.56 bits per heavy atom. The molecule has 0 amide bonds. The van der Waals surface area contributed by atoms with E-state index in [0.29, 0.717) is 6.54 Å². The molecule has 0 fully saturated rings. The maximum absolute atomic E-state index is 11.9. The molecule has 7 heteroatoms. The fraction of sp³-hybridized carbons (Fsp3) is 0.300. The molecule has 0 atom stereocenters. The molecule has 2 heterocycles. The van der Waals surface area contributed by atoms with Crippen LogP contribution in [0.1, 0.15) is 24.5 Å². The van der Waals surface area contributed by atoms with E-state index in [1.165, 1.54) is 6.26 Å². The summed E-state index contributed by atoms with van der Waals surface area (Å²) in [5.41, 5.74) is 4.28. The molecule has 3 aromatic rings. The monoisotopic (exact) mass is 385 g/mol. The lowest BCUT2D eigenvalue weighted by atomic mass is 10.0. The molecule has 3 rings (SSSR count). The maximum Gasteiger partial charge on any atom is 0.250 e. The van der Waals surface area contributed by atoms with Gasteiger partial charge in [0.2, 0.25) is 0 Å². The Labute approximate surface area is 159 Å². The molecule has 1 aromatic carbocycles. The van der Waals surface area contributed by atoms with Crippen LogP contribution in [0.4, 0.5) is 0 Å². The molecular weight excluding hydrogens is 362 g/mol. The van der Waals surface area contributed by atoms with Crippen molar-refractivity contribution in [3.63, 3.8) is 0 Å². The van der Waals surface area contributed by atoms with Crippen molar-refractivity contribution in [1.29, 1.82) is 0 Å². The quantitative estimate of drug-likeness (QED) is 0.654. The Morgan fingerprint density at radius 2 is 1.89 bits per heavy atom. The molecule has 0 unspecified atom stereocenters. The third-order valence-corrected chi connectivity index (χ3v) is 5.14. The zero-order valence-electron chi connectivity index (χ0n) is 15.7. The Balaban J connectivity index is 1.92. The second-order valence-electron chi connectivity index (χ2n) is 6.78. The van der Waals surface area contributed by atoms with Gasteiger partial charge in [-0.25, -0.2) is 13.1 Å². The first-order valence-corrected chi connectivity index (χ1v) is 10.9. The van der Waals surface area contributed by atoms with E-state index in [0.717, 1.165) is 34.5 Å². The van der Waals surface area contributed by atoms with Gasteiger partial charge < -0.3 is 4.57 Å². The SMILES string of the molecule is CCCn1cc(-n2ccc(-c3ccc(CS(C)(=O)=O)cc3C)n2)ccc1=O. The summed E-state index contributed by atoms with van der Waals surface area (Å²) < 4.78 is 26.4. The van der Waals surface area contributed by atoms with Crippen LogP contribution in [0.25, 0.3) is 16.9 Å². The Morgan fingerprint density at radius 1 is 1.11 bits per heavy atom. The minimum absolute atomic E-state index is 0.0229. The van der Waals surface area contributed by atoms with Crippen molar-refractivity contribution in [3.05, 3.63) is 70.3 Å². The van der Waals surface area contributed by atoms with Crippen LogP contribution in [0, 0.1) is 6.92 Å². The van der Waals surface area contributed by atoms with Crippen molar-refractivity contribution < 1.29 is 8.42 Å². The molecular formula is C20H23N3O3S. The van der Waals surface area contributed by atoms with E-state index >= 15 is 0 Å². The molecule has 0 aliphatic heterocycles. The molecule has 0 aliphatic carbocycles. The summed E-state index contributed by atoms with van der Waals surface area (Å²) in [7, 11) is -3.06. The topological polar surface area (TPSA) is 74.0 Å². The van der Waals surface area contributed by atoms with Crippen molar-refractivity contribution in [3.8, 4) is 16.9 Å². The summed E-state index contributed by atoms with van der Waals surface area (Å²) in [4.78, 5) is 11.9. The van der Waals surface area contributed by atoms with Gasteiger partial charge in [-0.3, -0.25) is 4.79 Å². The van der Waals surface area contributed by atoms with Gasteiger partial charge in [0.05, 0.1) is 17.1 Å². The van der Waals surface area contributed by atoms with Crippen molar-refractivity contribution in [1.82, 2.24) is 14.3 Å². The molecule has 0 spiro atoms. The van der Waals surface area contributed by atoms with Crippen LogP contribution in [-0.2, 0) is 22.1 Å². The van der Waals surface area contributed by atoms with Crippen molar-refractivity contribution >= 4 is 9.84 Å². The van der Waals surface area contributed by atoms with Gasteiger partial charge in [-0.05, 0) is 36.6 Å². The number of rotatable bonds is 6. The summed E-state index contributed by atoms with van der Waals surface area (Å²) in [6.07, 6.45) is 5.78. The summed E-state index contributed by atoms with van der Waals surface area (Å²) in [5.74, 6) is 0.0293. The van der Waals surface area contributed by atoms with Gasteiger partial charge in [-0.1, -0.05) is 25.1 Å². The molecule has 0 radical (unpaired) electrons. The zero-order valence-corrected chi connectivity index (χ0v) is 16.5. The van der Waals surface area contributed by atoms with Crippen LogP contribution >= 0.6 is 0 Å². The van der Waals surface area contributed by atoms with Crippen LogP contribution in [0.15, 0.2) is 53.6 Å². The highest BCUT2D eigenvalue weighted by Crippen LogP contribution is 2.24. The van der Waals surface area contributed by atoms with Gasteiger partial charge in [0.25, 0.3) is 5.56 Å². The fourth-order valence-corrected chi connectivity index (χ4v) is 3.87. The Hall–Kier alpha value is -2.67. The lowest BCUT2D eigenvalue weighted by molar-refractivity contribution is 0.601. The van der Waals surface area contributed by atoms with Crippen LogP contribution in [-0.4, -0.2) is 29.0 Å². The highest BCUT2D eigenvalue weighted by Gasteiger charge is 2.10. The highest BCUT2D eigenvalue weighted by molar-refractivity contribution is 7.89. The predicted octanol–water partition coefficient (Wildman–Crippen LogP) is 2.96. The Bertz CT molecular complexity index is 1130. The lowest BCUT2D eigenvalue weighted by Gasteiger charge is -2.08. The van der Waals surface area contributed by atoms with Gasteiger partial charge >= 0.3 is 0 Å². The number of hydrogen-bond acceptors (Lipinski definition) is 4. The standard InChI is InChI=1S/C20H23N3O3S/c1-4-10-22-13-17(6-8-20(22)24)23-11-9-19(21-23)18-7-5-16(12-15(18)2)14-27(3,25)26/h5-9,11-13H,4,10,14H2,1-3H3. The van der Waals surface area contributed by atoms with E-state index < -0.39 is 9.84 Å². The van der Waals surface area contributed by atoms with Gasteiger partial charge in [0, 0.05) is 36.8 Å². The molecule has 142 valence electrons. The highest BCUT2D eigenvalue weighted by atomic mass is 32.2. The smallest absolute Gasteiger partial charge is 0.250 e. The predicted molar refractivity (Wildman–Crippen MR) is 107 cm³/mol. The number of sulfone groups is 1. The van der Waals surface area contributed by atoms with Gasteiger partial charge in [0.15, 0.2) is 9.84 Å². The van der Waals surface area contributed by atoms with Crippen molar-refractivity contribution in [2.75, 3.05) is 6.26 Å². The molecule has 0 saturated heterocycles. The maximum atomic E-state index is 11.9. The van der Waals surface area contributed by atoms with E-state index in [2.05, 4.69) is 5.10 Å². The molecule has 6 nitrogen and oxygen atoms in total. The number of aryl methyl sites for hydroxylation is 2. The van der Waals surface area contributed by atoms with Crippen LogP contribution in [0.3, 0.4) is 0 Å². The second kappa shape index (κ2) is 7.52. The third kappa shape index (κ3) is 4.54. The zero-order chi connectivity index (χ0) is 19.6. The number of aromatic nitrogens is 3. The van der Waals surface area contributed by atoms with Gasteiger partial charge in [-0.2, -0.15) is 5.10 Å². The van der Waals surface area contributed by atoms with Crippen LogP contribution in [0.5, 0.6) is 0 Å². The number of nitrogens with zero attached hydrogens (tertiary/aromatic N) is 3. The van der Waals surface area contributed by atoms with Gasteiger partial charge in [-0.15, -0.1) is 0 Å². The molecule has 27 heavy (non-hydrogen) atoms. The molecule has 2 aromatic heterocycles. The summed E-state index contributed by atoms with van der Waals surface area (Å²) in [6.45, 7) is 4.64. The third-order valence-electron chi connectivity index (χ3n) is 4.28. The first-order chi connectivity index (χ1) is 12.8. The van der Waals surface area contributed by atoms with Crippen LogP contribution in [0.2, 0.25) is 0 Å². The van der Waals surface area contributed by atoms with E-state index in [4.69, 9.17) is 0 Å². The first-order valence-electron chi connectivity index (χ1n) is 8.81. The lowest BCUT2D eigenvalue weighted by Crippen LogP contribution is -2.19. The minimum Gasteiger partial charge on any atom is -0.313 e. The first kappa shape index (κ1) is 19.1. The average molecular weight is 385 g/mol. The number of benzene rings is 1. The van der Waals surface area contributed by atoms with E-state index in [1.54, 1.807) is 21.4 Å². The largest absolute Gasteiger partial charge is 0.313 e. The van der Waals surface area contributed by atoms with E-state index in [1.807, 2.05) is 50.5 Å². The normalized spacial score (nSPS) is 11.7. The Kier molecular flexibility index (Phi) is 5.32. The summed E-state index contributed by atoms with van der Waals surface area (Å²) in [6, 6.07) is 10.8. The fourth-order valence-electron chi connectivity index (χ4n) is 3.09. The van der Waals surface area contributed by atoms with Crippen LogP contribution < -0.4 is 5.56 Å². The summed E-state index contributed by atoms with van der Waals surface area (Å²) in [5, 5.41) is 4.63. The van der Waals surface area contributed by atoms with E-state index in [9.17, 15) is 13.2 Å². The minimum atomic E-state index is -3.06. The summed E-state index contributed by atoms with van der Waals surface area (Å²) >= 11 is 0. The van der Waals surface area contributed by atoms with E-state index in [-0.39, 0.29) is 11.3 Å². The molecule has 0 N–H and O–H groups in total. The average Bonchev–Trinajstić information content (AvgIpc) is 3.05. The second-order valence-corrected chi connectivity index (χ2v) is 8.92.